The SMILES string of the molecule is C[C@@H](C(=O)NCc1ccc(Cl)cc1Cl)N(Cc1ccccc1)C(=O)COc1ccccc1Cl. The molecule has 33 heavy (non-hydrogen) atoms. The molecular weight excluding hydrogens is 483 g/mol. The van der Waals surface area contributed by atoms with Crippen molar-refractivity contribution in [1.29, 1.82) is 0 Å². The minimum Gasteiger partial charge on any atom is -0.482 e. The van der Waals surface area contributed by atoms with Gasteiger partial charge in [-0.3, -0.25) is 9.59 Å². The fourth-order valence-corrected chi connectivity index (χ4v) is 3.81. The lowest BCUT2D eigenvalue weighted by molar-refractivity contribution is -0.142. The Morgan fingerprint density at radius 2 is 1.64 bits per heavy atom. The summed E-state index contributed by atoms with van der Waals surface area (Å²) in [5, 5.41) is 4.22. The zero-order valence-corrected chi connectivity index (χ0v) is 20.2. The summed E-state index contributed by atoms with van der Waals surface area (Å²) in [7, 11) is 0. The van der Waals surface area contributed by atoms with Crippen LogP contribution in [0, 0.1) is 0 Å². The first-order chi connectivity index (χ1) is 15.8. The van der Waals surface area contributed by atoms with Crippen molar-refractivity contribution in [3.63, 3.8) is 0 Å². The Kier molecular flexibility index (Phi) is 9.01. The van der Waals surface area contributed by atoms with E-state index in [9.17, 15) is 9.59 Å². The number of amides is 2. The molecule has 0 fully saturated rings. The highest BCUT2D eigenvalue weighted by molar-refractivity contribution is 6.35. The van der Waals surface area contributed by atoms with E-state index in [0.717, 1.165) is 11.1 Å². The van der Waals surface area contributed by atoms with Crippen LogP contribution in [-0.2, 0) is 22.7 Å². The molecule has 3 aromatic rings. The number of ether oxygens (including phenoxy) is 1. The number of nitrogens with one attached hydrogen (secondary N) is 1. The predicted molar refractivity (Wildman–Crippen MR) is 132 cm³/mol. The summed E-state index contributed by atoms with van der Waals surface area (Å²) in [6, 6.07) is 20.7. The number of hydrogen-bond acceptors (Lipinski definition) is 3. The van der Waals surface area contributed by atoms with Gasteiger partial charge in [-0.2, -0.15) is 0 Å². The third-order valence-corrected chi connectivity index (χ3v) is 5.92. The van der Waals surface area contributed by atoms with Crippen molar-refractivity contribution in [2.24, 2.45) is 0 Å². The third kappa shape index (κ3) is 7.13. The monoisotopic (exact) mass is 504 g/mol. The van der Waals surface area contributed by atoms with E-state index in [1.165, 1.54) is 4.90 Å². The molecule has 2 amide bonds. The highest BCUT2D eigenvalue weighted by Crippen LogP contribution is 2.23. The van der Waals surface area contributed by atoms with Gasteiger partial charge in [0.05, 0.1) is 5.02 Å². The van der Waals surface area contributed by atoms with Gasteiger partial charge in [0.1, 0.15) is 11.8 Å². The molecule has 3 aromatic carbocycles. The highest BCUT2D eigenvalue weighted by Gasteiger charge is 2.26. The van der Waals surface area contributed by atoms with Gasteiger partial charge in [0.15, 0.2) is 6.61 Å². The molecule has 0 aromatic heterocycles. The van der Waals surface area contributed by atoms with Gasteiger partial charge in [-0.25, -0.2) is 0 Å². The first-order valence-corrected chi connectivity index (χ1v) is 11.4. The van der Waals surface area contributed by atoms with E-state index in [1.54, 1.807) is 49.4 Å². The molecule has 0 aliphatic heterocycles. The summed E-state index contributed by atoms with van der Waals surface area (Å²) in [6.07, 6.45) is 0. The fraction of sp³-hybridized carbons (Fsp3) is 0.200. The normalized spacial score (nSPS) is 11.5. The second kappa shape index (κ2) is 11.9. The van der Waals surface area contributed by atoms with E-state index in [0.29, 0.717) is 20.8 Å². The smallest absolute Gasteiger partial charge is 0.261 e. The van der Waals surface area contributed by atoms with E-state index in [2.05, 4.69) is 5.32 Å². The van der Waals surface area contributed by atoms with Crippen molar-refractivity contribution in [3.05, 3.63) is 99.0 Å². The van der Waals surface area contributed by atoms with E-state index >= 15 is 0 Å². The number of benzene rings is 3. The quantitative estimate of drug-likeness (QED) is 0.402. The molecule has 0 spiro atoms. The van der Waals surface area contributed by atoms with Crippen LogP contribution in [0.1, 0.15) is 18.1 Å². The van der Waals surface area contributed by atoms with Gasteiger partial charge in [-0.05, 0) is 42.3 Å². The van der Waals surface area contributed by atoms with E-state index in [-0.39, 0.29) is 31.5 Å². The van der Waals surface area contributed by atoms with E-state index in [4.69, 9.17) is 39.5 Å². The van der Waals surface area contributed by atoms with Crippen LogP contribution in [-0.4, -0.2) is 29.4 Å². The lowest BCUT2D eigenvalue weighted by Crippen LogP contribution is -2.48. The summed E-state index contributed by atoms with van der Waals surface area (Å²) in [4.78, 5) is 27.5. The number of carbonyl (C=O) groups excluding carboxylic acids is 2. The third-order valence-electron chi connectivity index (χ3n) is 5.02. The van der Waals surface area contributed by atoms with Gasteiger partial charge < -0.3 is 15.0 Å². The zero-order chi connectivity index (χ0) is 23.8. The van der Waals surface area contributed by atoms with E-state index in [1.807, 2.05) is 30.3 Å². The largest absolute Gasteiger partial charge is 0.482 e. The molecule has 1 N–H and O–H groups in total. The van der Waals surface area contributed by atoms with Crippen LogP contribution in [0.15, 0.2) is 72.8 Å². The average molecular weight is 506 g/mol. The molecule has 0 unspecified atom stereocenters. The second-order valence-electron chi connectivity index (χ2n) is 7.36. The van der Waals surface area contributed by atoms with Gasteiger partial charge >= 0.3 is 0 Å². The van der Waals surface area contributed by atoms with Crippen LogP contribution in [0.4, 0.5) is 0 Å². The molecule has 0 bridgehead atoms. The van der Waals surface area contributed by atoms with Crippen LogP contribution in [0.3, 0.4) is 0 Å². The minimum atomic E-state index is -0.751. The molecule has 5 nitrogen and oxygen atoms in total. The van der Waals surface area contributed by atoms with Crippen LogP contribution < -0.4 is 10.1 Å². The molecule has 1 atom stereocenters. The Hall–Kier alpha value is -2.73. The molecule has 3 rings (SSSR count). The van der Waals surface area contributed by atoms with Gasteiger partial charge in [0, 0.05) is 23.1 Å². The molecule has 0 aliphatic carbocycles. The molecule has 8 heteroatoms. The highest BCUT2D eigenvalue weighted by atomic mass is 35.5. The first-order valence-electron chi connectivity index (χ1n) is 10.3. The fourth-order valence-electron chi connectivity index (χ4n) is 3.14. The van der Waals surface area contributed by atoms with Crippen molar-refractivity contribution >= 4 is 46.6 Å². The van der Waals surface area contributed by atoms with Crippen LogP contribution in [0.25, 0.3) is 0 Å². The number of halogens is 3. The molecule has 172 valence electrons. The van der Waals surface area contributed by atoms with Crippen molar-refractivity contribution in [3.8, 4) is 5.75 Å². The summed E-state index contributed by atoms with van der Waals surface area (Å²) in [5.41, 5.74) is 1.62. The predicted octanol–water partition coefficient (Wildman–Crippen LogP) is 5.76. The molecule has 0 heterocycles. The Morgan fingerprint density at radius 1 is 0.939 bits per heavy atom. The summed E-state index contributed by atoms with van der Waals surface area (Å²) < 4.78 is 5.62. The number of rotatable bonds is 9. The number of carbonyl (C=O) groups is 2. The average Bonchev–Trinajstić information content (AvgIpc) is 2.81. The van der Waals surface area contributed by atoms with Crippen molar-refractivity contribution < 1.29 is 14.3 Å². The second-order valence-corrected chi connectivity index (χ2v) is 8.61. The van der Waals surface area contributed by atoms with Crippen LogP contribution >= 0.6 is 34.8 Å². The molecule has 0 saturated carbocycles. The zero-order valence-electron chi connectivity index (χ0n) is 17.9. The van der Waals surface area contributed by atoms with Crippen molar-refractivity contribution in [2.45, 2.75) is 26.1 Å². The van der Waals surface area contributed by atoms with Gasteiger partial charge in [0.2, 0.25) is 5.91 Å². The Balaban J connectivity index is 1.70. The Bertz CT molecular complexity index is 1110. The van der Waals surface area contributed by atoms with Crippen molar-refractivity contribution in [2.75, 3.05) is 6.61 Å². The van der Waals surface area contributed by atoms with Gasteiger partial charge in [0.25, 0.3) is 5.91 Å². The van der Waals surface area contributed by atoms with Crippen molar-refractivity contribution in [1.82, 2.24) is 10.2 Å². The topological polar surface area (TPSA) is 58.6 Å². The molecule has 0 aliphatic rings. The maximum absolute atomic E-state index is 13.1. The molecule has 0 saturated heterocycles. The van der Waals surface area contributed by atoms with Gasteiger partial charge in [-0.15, -0.1) is 0 Å². The number of para-hydroxylation sites is 1. The lowest BCUT2D eigenvalue weighted by atomic mass is 10.1. The number of hydrogen-bond donors (Lipinski definition) is 1. The summed E-state index contributed by atoms with van der Waals surface area (Å²) in [5.74, 6) is -0.254. The summed E-state index contributed by atoms with van der Waals surface area (Å²) >= 11 is 18.2. The minimum absolute atomic E-state index is 0.211. The molecular formula is C25H23Cl3N2O3. The van der Waals surface area contributed by atoms with Crippen LogP contribution in [0.2, 0.25) is 15.1 Å². The maximum Gasteiger partial charge on any atom is 0.261 e. The first kappa shape index (κ1) is 24.9. The number of nitrogens with zero attached hydrogens (tertiary/aromatic N) is 1. The van der Waals surface area contributed by atoms with Crippen LogP contribution in [0.5, 0.6) is 5.75 Å². The van der Waals surface area contributed by atoms with Gasteiger partial charge in [-0.1, -0.05) is 83.3 Å². The van der Waals surface area contributed by atoms with E-state index < -0.39 is 6.04 Å². The Labute approximate surface area is 208 Å². The lowest BCUT2D eigenvalue weighted by Gasteiger charge is -2.29. The Morgan fingerprint density at radius 3 is 2.33 bits per heavy atom. The standard InChI is InChI=1S/C25H23Cl3N2O3/c1-17(25(32)29-14-19-11-12-20(26)13-22(19)28)30(15-18-7-3-2-4-8-18)24(31)16-33-23-10-6-5-9-21(23)27/h2-13,17H,14-16H2,1H3,(H,29,32)/t17-/m0/s1. The molecule has 0 radical (unpaired) electrons. The maximum atomic E-state index is 13.1. The summed E-state index contributed by atoms with van der Waals surface area (Å²) in [6.45, 7) is 1.89.